The van der Waals surface area contributed by atoms with Gasteiger partial charge < -0.3 is 15.7 Å². The summed E-state index contributed by atoms with van der Waals surface area (Å²) in [7, 11) is 0. The van der Waals surface area contributed by atoms with Gasteiger partial charge in [-0.05, 0) is 18.1 Å². The van der Waals surface area contributed by atoms with Crippen LogP contribution in [0.4, 0.5) is 17.1 Å². The van der Waals surface area contributed by atoms with Crippen molar-refractivity contribution in [2.75, 3.05) is 30.3 Å². The number of anilines is 2. The second-order valence-corrected chi connectivity index (χ2v) is 4.80. The molecule has 0 atom stereocenters. The molecule has 0 aliphatic rings. The Kier molecular flexibility index (Phi) is 5.73. The Labute approximate surface area is 128 Å². The molecule has 116 valence electrons. The average Bonchev–Trinajstić information content (AvgIpc) is 2.54. The largest absolute Gasteiger partial charge is 0.395 e. The van der Waals surface area contributed by atoms with E-state index in [1.807, 2.05) is 30.3 Å². The zero-order chi connectivity index (χ0) is 15.8. The normalized spacial score (nSPS) is 10.2. The molecule has 2 rings (SSSR count). The molecule has 2 aromatic carbocycles. The van der Waals surface area contributed by atoms with Crippen molar-refractivity contribution in [2.45, 2.75) is 6.42 Å². The highest BCUT2D eigenvalue weighted by Crippen LogP contribution is 2.26. The third-order valence-corrected chi connectivity index (χ3v) is 3.21. The molecular formula is C16H19N3O3. The van der Waals surface area contributed by atoms with Crippen molar-refractivity contribution in [1.29, 1.82) is 0 Å². The number of rotatable bonds is 8. The van der Waals surface area contributed by atoms with Crippen molar-refractivity contribution in [3.63, 3.8) is 0 Å². The topological polar surface area (TPSA) is 87.4 Å². The van der Waals surface area contributed by atoms with E-state index in [1.165, 1.54) is 17.7 Å². The van der Waals surface area contributed by atoms with E-state index in [0.29, 0.717) is 18.8 Å². The van der Waals surface area contributed by atoms with Crippen LogP contribution in [-0.2, 0) is 6.42 Å². The highest BCUT2D eigenvalue weighted by atomic mass is 16.6. The van der Waals surface area contributed by atoms with E-state index in [0.717, 1.165) is 12.1 Å². The summed E-state index contributed by atoms with van der Waals surface area (Å²) in [5, 5.41) is 26.0. The van der Waals surface area contributed by atoms with E-state index in [-0.39, 0.29) is 12.3 Å². The molecule has 0 aliphatic carbocycles. The van der Waals surface area contributed by atoms with E-state index in [4.69, 9.17) is 5.11 Å². The monoisotopic (exact) mass is 301 g/mol. The Balaban J connectivity index is 2.05. The van der Waals surface area contributed by atoms with Crippen LogP contribution in [0.1, 0.15) is 5.56 Å². The fraction of sp³-hybridized carbons (Fsp3) is 0.250. The van der Waals surface area contributed by atoms with Crippen LogP contribution in [0.2, 0.25) is 0 Å². The van der Waals surface area contributed by atoms with Gasteiger partial charge in [0.15, 0.2) is 0 Å². The molecular weight excluding hydrogens is 282 g/mol. The van der Waals surface area contributed by atoms with Crippen molar-refractivity contribution >= 4 is 17.1 Å². The molecule has 0 bridgehead atoms. The summed E-state index contributed by atoms with van der Waals surface area (Å²) in [6.45, 7) is 1.06. The lowest BCUT2D eigenvalue weighted by Crippen LogP contribution is -2.11. The van der Waals surface area contributed by atoms with Gasteiger partial charge in [0, 0.05) is 25.2 Å². The lowest BCUT2D eigenvalue weighted by atomic mass is 10.1. The van der Waals surface area contributed by atoms with Crippen molar-refractivity contribution in [2.24, 2.45) is 0 Å². The highest BCUT2D eigenvalue weighted by molar-refractivity contribution is 5.72. The number of hydrogen-bond acceptors (Lipinski definition) is 5. The molecule has 6 heteroatoms. The summed E-state index contributed by atoms with van der Waals surface area (Å²) in [6.07, 6.45) is 0.822. The minimum absolute atomic E-state index is 0.000439. The first-order valence-electron chi connectivity index (χ1n) is 7.11. The second-order valence-electron chi connectivity index (χ2n) is 4.80. The number of aliphatic hydroxyl groups excluding tert-OH is 1. The third-order valence-electron chi connectivity index (χ3n) is 3.21. The smallest absolute Gasteiger partial charge is 0.271 e. The maximum absolute atomic E-state index is 10.9. The molecule has 0 radical (unpaired) electrons. The Hall–Kier alpha value is -2.60. The van der Waals surface area contributed by atoms with Crippen LogP contribution in [0.25, 0.3) is 0 Å². The molecule has 3 N–H and O–H groups in total. The quantitative estimate of drug-likeness (QED) is 0.515. The van der Waals surface area contributed by atoms with Gasteiger partial charge in [0.05, 0.1) is 22.9 Å². The van der Waals surface area contributed by atoms with Crippen molar-refractivity contribution in [1.82, 2.24) is 0 Å². The molecule has 0 spiro atoms. The summed E-state index contributed by atoms with van der Waals surface area (Å²) in [5.74, 6) is 0. The van der Waals surface area contributed by atoms with Crippen molar-refractivity contribution < 1.29 is 10.0 Å². The molecule has 0 saturated carbocycles. The van der Waals surface area contributed by atoms with E-state index >= 15 is 0 Å². The van der Waals surface area contributed by atoms with Crippen LogP contribution >= 0.6 is 0 Å². The molecule has 2 aromatic rings. The Morgan fingerprint density at radius 1 is 1.00 bits per heavy atom. The molecule has 0 aliphatic heterocycles. The zero-order valence-electron chi connectivity index (χ0n) is 12.2. The van der Waals surface area contributed by atoms with Crippen LogP contribution in [0.5, 0.6) is 0 Å². The van der Waals surface area contributed by atoms with E-state index in [2.05, 4.69) is 10.6 Å². The summed E-state index contributed by atoms with van der Waals surface area (Å²) < 4.78 is 0. The second kappa shape index (κ2) is 7.99. The zero-order valence-corrected chi connectivity index (χ0v) is 12.2. The standard InChI is InChI=1S/C16H19N3O3/c20-11-10-18-15-7-6-14(19(21)22)12-16(15)17-9-8-13-4-2-1-3-5-13/h1-7,12,17-18,20H,8-11H2. The maximum Gasteiger partial charge on any atom is 0.271 e. The van der Waals surface area contributed by atoms with Gasteiger partial charge in [-0.1, -0.05) is 30.3 Å². The lowest BCUT2D eigenvalue weighted by Gasteiger charge is -2.13. The molecule has 0 fully saturated rings. The molecule has 0 aromatic heterocycles. The van der Waals surface area contributed by atoms with Gasteiger partial charge >= 0.3 is 0 Å². The fourth-order valence-corrected chi connectivity index (χ4v) is 2.12. The molecule has 22 heavy (non-hydrogen) atoms. The van der Waals surface area contributed by atoms with E-state index in [1.54, 1.807) is 6.07 Å². The van der Waals surface area contributed by atoms with Crippen LogP contribution in [0, 0.1) is 10.1 Å². The number of hydrogen-bond donors (Lipinski definition) is 3. The fourth-order valence-electron chi connectivity index (χ4n) is 2.12. The minimum atomic E-state index is -0.418. The third kappa shape index (κ3) is 4.46. The molecule has 0 saturated heterocycles. The first-order chi connectivity index (χ1) is 10.7. The molecule has 6 nitrogen and oxygen atoms in total. The average molecular weight is 301 g/mol. The van der Waals surface area contributed by atoms with Gasteiger partial charge in [-0.25, -0.2) is 0 Å². The van der Waals surface area contributed by atoms with Crippen molar-refractivity contribution in [3.05, 3.63) is 64.2 Å². The molecule has 0 unspecified atom stereocenters. The number of nitrogens with zero attached hydrogens (tertiary/aromatic N) is 1. The van der Waals surface area contributed by atoms with E-state index in [9.17, 15) is 10.1 Å². The molecule has 0 heterocycles. The van der Waals surface area contributed by atoms with Crippen molar-refractivity contribution in [3.8, 4) is 0 Å². The highest BCUT2D eigenvalue weighted by Gasteiger charge is 2.10. The number of non-ortho nitro benzene ring substituents is 1. The van der Waals surface area contributed by atoms with Gasteiger partial charge in [0.1, 0.15) is 0 Å². The first-order valence-corrected chi connectivity index (χ1v) is 7.11. The predicted octanol–water partition coefficient (Wildman–Crippen LogP) is 2.65. The number of benzene rings is 2. The van der Waals surface area contributed by atoms with Crippen LogP contribution in [0.3, 0.4) is 0 Å². The van der Waals surface area contributed by atoms with Gasteiger partial charge in [0.2, 0.25) is 0 Å². The number of aliphatic hydroxyl groups is 1. The van der Waals surface area contributed by atoms with E-state index < -0.39 is 4.92 Å². The summed E-state index contributed by atoms with van der Waals surface area (Å²) in [5.41, 5.74) is 2.65. The summed E-state index contributed by atoms with van der Waals surface area (Å²) in [4.78, 5) is 10.5. The Bertz CT molecular complexity index is 617. The SMILES string of the molecule is O=[N+]([O-])c1ccc(NCCO)c(NCCc2ccccc2)c1. The number of nitrogens with one attached hydrogen (secondary N) is 2. The number of nitro benzene ring substituents is 1. The lowest BCUT2D eigenvalue weighted by molar-refractivity contribution is -0.384. The summed E-state index contributed by atoms with van der Waals surface area (Å²) in [6, 6.07) is 14.6. The minimum Gasteiger partial charge on any atom is -0.395 e. The van der Waals surface area contributed by atoms with Gasteiger partial charge in [-0.3, -0.25) is 10.1 Å². The maximum atomic E-state index is 10.9. The Morgan fingerprint density at radius 2 is 1.73 bits per heavy atom. The summed E-state index contributed by atoms with van der Waals surface area (Å²) >= 11 is 0. The predicted molar refractivity (Wildman–Crippen MR) is 87.3 cm³/mol. The van der Waals surface area contributed by atoms with Crippen LogP contribution < -0.4 is 10.6 Å². The molecule has 0 amide bonds. The Morgan fingerprint density at radius 3 is 2.41 bits per heavy atom. The van der Waals surface area contributed by atoms with Gasteiger partial charge in [-0.2, -0.15) is 0 Å². The van der Waals surface area contributed by atoms with Gasteiger partial charge in [0.25, 0.3) is 5.69 Å². The van der Waals surface area contributed by atoms with Crippen LogP contribution in [-0.4, -0.2) is 29.7 Å². The first kappa shape index (κ1) is 15.8. The van der Waals surface area contributed by atoms with Gasteiger partial charge in [-0.15, -0.1) is 0 Å². The van der Waals surface area contributed by atoms with Crippen LogP contribution in [0.15, 0.2) is 48.5 Å². The number of nitro groups is 1.